The van der Waals surface area contributed by atoms with Crippen molar-refractivity contribution in [3.63, 3.8) is 0 Å². The standard InChI is InChI=1S/C22H24FN5O2/c1-13-8-16-18(12-26(2)22(16)29)25-21(13)28-7-6-20(17(23)11-28)30-15-4-5-19-14(9-15)10-24-27(19)3/h4-5,8-10,17,20H,6-7,11-12H2,1-3H3/t17-,20+/m0/s1. The van der Waals surface area contributed by atoms with Crippen molar-refractivity contribution in [2.75, 3.05) is 25.0 Å². The quantitative estimate of drug-likeness (QED) is 0.666. The van der Waals surface area contributed by atoms with Crippen LogP contribution in [0.3, 0.4) is 0 Å². The number of hydrogen-bond acceptors (Lipinski definition) is 5. The summed E-state index contributed by atoms with van der Waals surface area (Å²) in [5, 5.41) is 5.21. The first kappa shape index (κ1) is 18.8. The first-order chi connectivity index (χ1) is 14.4. The van der Waals surface area contributed by atoms with Gasteiger partial charge in [-0.25, -0.2) is 9.37 Å². The second-order valence-electron chi connectivity index (χ2n) is 8.18. The number of pyridine rings is 1. The molecule has 4 heterocycles. The van der Waals surface area contributed by atoms with E-state index in [9.17, 15) is 4.79 Å². The number of carbonyl (C=O) groups excluding carboxylic acids is 1. The van der Waals surface area contributed by atoms with Crippen molar-refractivity contribution in [3.8, 4) is 5.75 Å². The lowest BCUT2D eigenvalue weighted by atomic mass is 10.0. The zero-order chi connectivity index (χ0) is 21.0. The van der Waals surface area contributed by atoms with Gasteiger partial charge in [0.05, 0.1) is 36.1 Å². The molecule has 2 aromatic heterocycles. The molecule has 0 radical (unpaired) electrons. The van der Waals surface area contributed by atoms with Crippen LogP contribution >= 0.6 is 0 Å². The van der Waals surface area contributed by atoms with Crippen LogP contribution in [0.1, 0.15) is 28.0 Å². The predicted molar refractivity (Wildman–Crippen MR) is 112 cm³/mol. The summed E-state index contributed by atoms with van der Waals surface area (Å²) in [5.41, 5.74) is 3.32. The molecule has 0 bridgehead atoms. The maximum absolute atomic E-state index is 15.0. The van der Waals surface area contributed by atoms with E-state index in [0.29, 0.717) is 30.8 Å². The van der Waals surface area contributed by atoms with Gasteiger partial charge in [0, 0.05) is 32.4 Å². The van der Waals surface area contributed by atoms with Crippen molar-refractivity contribution in [1.82, 2.24) is 19.7 Å². The molecule has 156 valence electrons. The van der Waals surface area contributed by atoms with Crippen LogP contribution in [-0.2, 0) is 13.6 Å². The molecule has 2 aliphatic rings. The highest BCUT2D eigenvalue weighted by molar-refractivity contribution is 5.98. The van der Waals surface area contributed by atoms with Crippen LogP contribution < -0.4 is 9.64 Å². The van der Waals surface area contributed by atoms with Gasteiger partial charge in [0.2, 0.25) is 0 Å². The lowest BCUT2D eigenvalue weighted by Gasteiger charge is -2.36. The Hall–Kier alpha value is -3.16. The second-order valence-corrected chi connectivity index (χ2v) is 8.18. The highest BCUT2D eigenvalue weighted by Crippen LogP contribution is 2.30. The number of halogens is 1. The Labute approximate surface area is 174 Å². The number of anilines is 1. The van der Waals surface area contributed by atoms with Gasteiger partial charge in [0.25, 0.3) is 5.91 Å². The predicted octanol–water partition coefficient (Wildman–Crippen LogP) is 2.86. The lowest BCUT2D eigenvalue weighted by Crippen LogP contribution is -2.47. The van der Waals surface area contributed by atoms with E-state index in [4.69, 9.17) is 9.72 Å². The SMILES string of the molecule is Cc1cc2c(nc1N1CC[C@@H](Oc3ccc4c(cnn4C)c3)[C@@H](F)C1)CN(C)C2=O. The molecule has 3 aromatic rings. The molecule has 1 aromatic carbocycles. The fourth-order valence-electron chi connectivity index (χ4n) is 4.37. The van der Waals surface area contributed by atoms with Crippen molar-refractivity contribution in [3.05, 3.63) is 47.3 Å². The molecule has 0 N–H and O–H groups in total. The number of benzene rings is 1. The highest BCUT2D eigenvalue weighted by atomic mass is 19.1. The summed E-state index contributed by atoms with van der Waals surface area (Å²) < 4.78 is 22.8. The number of amides is 1. The van der Waals surface area contributed by atoms with E-state index in [1.54, 1.807) is 22.8 Å². The van der Waals surface area contributed by atoms with Crippen LogP contribution in [0.2, 0.25) is 0 Å². The molecule has 2 atom stereocenters. The van der Waals surface area contributed by atoms with E-state index in [2.05, 4.69) is 5.10 Å². The van der Waals surface area contributed by atoms with Crippen molar-refractivity contribution >= 4 is 22.6 Å². The van der Waals surface area contributed by atoms with Crippen molar-refractivity contribution < 1.29 is 13.9 Å². The van der Waals surface area contributed by atoms with Gasteiger partial charge in [-0.1, -0.05) is 0 Å². The highest BCUT2D eigenvalue weighted by Gasteiger charge is 2.34. The average molecular weight is 409 g/mol. The Bertz CT molecular complexity index is 1140. The lowest BCUT2D eigenvalue weighted by molar-refractivity contribution is 0.0816. The van der Waals surface area contributed by atoms with Gasteiger partial charge in [-0.3, -0.25) is 9.48 Å². The Balaban J connectivity index is 1.31. The van der Waals surface area contributed by atoms with Crippen molar-refractivity contribution in [2.45, 2.75) is 32.2 Å². The van der Waals surface area contributed by atoms with Gasteiger partial charge in [-0.05, 0) is 36.8 Å². The summed E-state index contributed by atoms with van der Waals surface area (Å²) in [4.78, 5) is 20.5. The Kier molecular flexibility index (Phi) is 4.38. The summed E-state index contributed by atoms with van der Waals surface area (Å²) in [6.07, 6.45) is 0.700. The minimum absolute atomic E-state index is 0.00629. The molecule has 0 unspecified atom stereocenters. The zero-order valence-electron chi connectivity index (χ0n) is 17.3. The Morgan fingerprint density at radius 3 is 2.87 bits per heavy atom. The molecule has 5 rings (SSSR count). The summed E-state index contributed by atoms with van der Waals surface area (Å²) in [6, 6.07) is 7.59. The van der Waals surface area contributed by atoms with Gasteiger partial charge in [-0.2, -0.15) is 5.10 Å². The molecule has 0 aliphatic carbocycles. The average Bonchev–Trinajstić information content (AvgIpc) is 3.22. The molecular formula is C22H24FN5O2. The Morgan fingerprint density at radius 2 is 2.07 bits per heavy atom. The fraction of sp³-hybridized carbons (Fsp3) is 0.409. The topological polar surface area (TPSA) is 63.5 Å². The van der Waals surface area contributed by atoms with Gasteiger partial charge in [-0.15, -0.1) is 0 Å². The van der Waals surface area contributed by atoms with Crippen LogP contribution in [0.25, 0.3) is 10.9 Å². The van der Waals surface area contributed by atoms with Crippen molar-refractivity contribution in [2.24, 2.45) is 7.05 Å². The summed E-state index contributed by atoms with van der Waals surface area (Å²) in [5.74, 6) is 1.41. The van der Waals surface area contributed by atoms with E-state index in [-0.39, 0.29) is 12.5 Å². The number of rotatable bonds is 3. The van der Waals surface area contributed by atoms with E-state index in [0.717, 1.165) is 28.0 Å². The van der Waals surface area contributed by atoms with Crippen molar-refractivity contribution in [1.29, 1.82) is 0 Å². The number of alkyl halides is 1. The van der Waals surface area contributed by atoms with Crippen LogP contribution in [0, 0.1) is 6.92 Å². The van der Waals surface area contributed by atoms with E-state index in [1.807, 2.05) is 43.1 Å². The number of carbonyl (C=O) groups is 1. The second kappa shape index (κ2) is 6.97. The minimum Gasteiger partial charge on any atom is -0.487 e. The molecule has 8 heteroatoms. The third-order valence-corrected chi connectivity index (χ3v) is 6.02. The number of nitrogens with zero attached hydrogens (tertiary/aromatic N) is 5. The normalized spacial score (nSPS) is 21.4. The Morgan fingerprint density at radius 1 is 1.23 bits per heavy atom. The van der Waals surface area contributed by atoms with Crippen LogP contribution in [0.4, 0.5) is 10.2 Å². The number of hydrogen-bond donors (Lipinski definition) is 0. The molecule has 0 spiro atoms. The maximum Gasteiger partial charge on any atom is 0.255 e. The molecule has 1 amide bonds. The molecule has 1 fully saturated rings. The summed E-state index contributed by atoms with van der Waals surface area (Å²) in [7, 11) is 3.65. The molecule has 1 saturated heterocycles. The first-order valence-corrected chi connectivity index (χ1v) is 10.1. The van der Waals surface area contributed by atoms with Crippen LogP contribution in [0.15, 0.2) is 30.5 Å². The smallest absolute Gasteiger partial charge is 0.255 e. The van der Waals surface area contributed by atoms with Crippen LogP contribution in [-0.4, -0.2) is 58.0 Å². The monoisotopic (exact) mass is 409 g/mol. The molecule has 30 heavy (non-hydrogen) atoms. The third kappa shape index (κ3) is 3.07. The van der Waals surface area contributed by atoms with Gasteiger partial charge < -0.3 is 14.5 Å². The van der Waals surface area contributed by atoms with E-state index >= 15 is 4.39 Å². The molecule has 7 nitrogen and oxygen atoms in total. The van der Waals surface area contributed by atoms with E-state index in [1.165, 1.54) is 0 Å². The molecule has 2 aliphatic heterocycles. The van der Waals surface area contributed by atoms with Gasteiger partial charge >= 0.3 is 0 Å². The minimum atomic E-state index is -1.14. The maximum atomic E-state index is 15.0. The summed E-state index contributed by atoms with van der Waals surface area (Å²) >= 11 is 0. The number of fused-ring (bicyclic) bond motifs is 2. The van der Waals surface area contributed by atoms with E-state index < -0.39 is 12.3 Å². The number of aromatic nitrogens is 3. The number of ether oxygens (including phenoxy) is 1. The van der Waals surface area contributed by atoms with Crippen LogP contribution in [0.5, 0.6) is 5.75 Å². The van der Waals surface area contributed by atoms with Gasteiger partial charge in [0.15, 0.2) is 6.17 Å². The largest absolute Gasteiger partial charge is 0.487 e. The molecule has 0 saturated carbocycles. The zero-order valence-corrected chi connectivity index (χ0v) is 17.3. The first-order valence-electron chi connectivity index (χ1n) is 10.1. The van der Waals surface area contributed by atoms with Gasteiger partial charge in [0.1, 0.15) is 17.7 Å². The fourth-order valence-corrected chi connectivity index (χ4v) is 4.37. The number of aryl methyl sites for hydroxylation is 2. The molecular weight excluding hydrogens is 385 g/mol. The third-order valence-electron chi connectivity index (χ3n) is 6.02. The summed E-state index contributed by atoms with van der Waals surface area (Å²) in [6.45, 7) is 3.29. The number of piperidine rings is 1.